The third-order valence-corrected chi connectivity index (χ3v) is 5.97. The first-order valence-electron chi connectivity index (χ1n) is 7.48. The molecule has 128 valence electrons. The summed E-state index contributed by atoms with van der Waals surface area (Å²) in [7, 11) is -3.35. The number of anilines is 1. The molecule has 1 atom stereocenters. The van der Waals surface area contributed by atoms with Gasteiger partial charge in [0.2, 0.25) is 10.0 Å². The van der Waals surface area contributed by atoms with Crippen LogP contribution in [0.3, 0.4) is 0 Å². The summed E-state index contributed by atoms with van der Waals surface area (Å²) in [6.07, 6.45) is 2.97. The van der Waals surface area contributed by atoms with Crippen LogP contribution in [0.25, 0.3) is 0 Å². The molecule has 0 unspecified atom stereocenters. The van der Waals surface area contributed by atoms with Crippen molar-refractivity contribution in [2.24, 2.45) is 0 Å². The number of ether oxygens (including phenoxy) is 2. The van der Waals surface area contributed by atoms with Gasteiger partial charge >= 0.3 is 0 Å². The van der Waals surface area contributed by atoms with Gasteiger partial charge in [0.25, 0.3) is 5.91 Å². The largest absolute Gasteiger partial charge is 0.470 e. The van der Waals surface area contributed by atoms with E-state index < -0.39 is 15.6 Å². The molecule has 23 heavy (non-hydrogen) atoms. The van der Waals surface area contributed by atoms with E-state index in [1.54, 1.807) is 17.9 Å². The molecule has 0 radical (unpaired) electrons. The number of sulfonamides is 1. The maximum Gasteiger partial charge on any atom is 0.253 e. The molecule has 0 bridgehead atoms. The quantitative estimate of drug-likeness (QED) is 0.770. The van der Waals surface area contributed by atoms with Crippen LogP contribution in [0, 0.1) is 0 Å². The van der Waals surface area contributed by atoms with Gasteiger partial charge in [0.15, 0.2) is 0 Å². The fourth-order valence-corrected chi connectivity index (χ4v) is 3.98. The summed E-state index contributed by atoms with van der Waals surface area (Å²) >= 11 is 0. The van der Waals surface area contributed by atoms with Gasteiger partial charge in [0.05, 0.1) is 37.5 Å². The second kappa shape index (κ2) is 6.23. The molecule has 2 aliphatic heterocycles. The average Bonchev–Trinajstić information content (AvgIpc) is 2.99. The van der Waals surface area contributed by atoms with Crippen LogP contribution in [0.15, 0.2) is 23.0 Å². The van der Waals surface area contributed by atoms with E-state index in [2.05, 4.69) is 0 Å². The average molecular weight is 344 g/mol. The van der Waals surface area contributed by atoms with Crippen molar-refractivity contribution in [2.45, 2.75) is 12.5 Å². The number of nitrogens with zero attached hydrogens (tertiary/aromatic N) is 2. The van der Waals surface area contributed by atoms with Gasteiger partial charge < -0.3 is 18.8 Å². The van der Waals surface area contributed by atoms with Gasteiger partial charge in [-0.2, -0.15) is 4.31 Å². The fraction of sp³-hybridized carbons (Fsp3) is 0.643. The van der Waals surface area contributed by atoms with E-state index in [9.17, 15) is 13.2 Å². The lowest BCUT2D eigenvalue weighted by molar-refractivity contribution is -0.145. The maximum atomic E-state index is 12.2. The third kappa shape index (κ3) is 3.27. The highest BCUT2D eigenvalue weighted by Gasteiger charge is 2.45. The van der Waals surface area contributed by atoms with Crippen LogP contribution in [0.5, 0.6) is 0 Å². The zero-order valence-corrected chi connectivity index (χ0v) is 13.8. The van der Waals surface area contributed by atoms with E-state index in [4.69, 9.17) is 13.9 Å². The highest BCUT2D eigenvalue weighted by Crippen LogP contribution is 2.28. The van der Waals surface area contributed by atoms with Crippen LogP contribution in [0.2, 0.25) is 0 Å². The van der Waals surface area contributed by atoms with Crippen LogP contribution in [-0.2, 0) is 24.3 Å². The zero-order valence-electron chi connectivity index (χ0n) is 12.9. The number of hydrogen-bond donors (Lipinski definition) is 0. The summed E-state index contributed by atoms with van der Waals surface area (Å²) in [4.78, 5) is 13.7. The molecule has 1 aromatic heterocycles. The summed E-state index contributed by atoms with van der Waals surface area (Å²) < 4.78 is 42.2. The summed E-state index contributed by atoms with van der Waals surface area (Å²) in [6.45, 7) is 2.73. The molecule has 9 heteroatoms. The Hall–Kier alpha value is -1.42. The first-order chi connectivity index (χ1) is 11.0. The zero-order chi connectivity index (χ0) is 16.5. The van der Waals surface area contributed by atoms with Gasteiger partial charge in [0, 0.05) is 19.2 Å². The highest BCUT2D eigenvalue weighted by atomic mass is 32.2. The Labute approximate surface area is 135 Å². The van der Waals surface area contributed by atoms with Crippen molar-refractivity contribution in [3.63, 3.8) is 0 Å². The minimum atomic E-state index is -3.35. The number of morpholine rings is 1. The maximum absolute atomic E-state index is 12.2. The molecule has 0 N–H and O–H groups in total. The Kier molecular flexibility index (Phi) is 4.45. The number of furan rings is 1. The summed E-state index contributed by atoms with van der Waals surface area (Å²) in [5.74, 6) is -0.167. The lowest BCUT2D eigenvalue weighted by Gasteiger charge is -2.42. The molecule has 2 aliphatic rings. The van der Waals surface area contributed by atoms with Crippen LogP contribution < -0.4 is 4.90 Å². The van der Waals surface area contributed by atoms with Gasteiger partial charge in [-0.3, -0.25) is 4.79 Å². The van der Waals surface area contributed by atoms with E-state index in [0.29, 0.717) is 18.8 Å². The molecule has 8 nitrogen and oxygen atoms in total. The summed E-state index contributed by atoms with van der Waals surface area (Å²) in [6, 6.07) is 1.69. The van der Waals surface area contributed by atoms with Gasteiger partial charge in [0.1, 0.15) is 18.5 Å². The number of rotatable bonds is 3. The van der Waals surface area contributed by atoms with E-state index in [1.807, 2.05) is 0 Å². The monoisotopic (exact) mass is 344 g/mol. The number of hydrogen-bond acceptors (Lipinski definition) is 6. The molecule has 0 aliphatic carbocycles. The third-order valence-electron chi connectivity index (χ3n) is 4.14. The Morgan fingerprint density at radius 3 is 2.87 bits per heavy atom. The van der Waals surface area contributed by atoms with Crippen molar-refractivity contribution < 1.29 is 27.1 Å². The number of amides is 1. The second-order valence-corrected chi connectivity index (χ2v) is 7.98. The SMILES string of the molecule is CCS(=O)(=O)N1CCOC[C@@]2(CN(c3ccoc3)C(=O)CO2)C1. The molecule has 1 spiro atoms. The number of carbonyl (C=O) groups is 1. The van der Waals surface area contributed by atoms with Crippen molar-refractivity contribution >= 4 is 21.6 Å². The summed E-state index contributed by atoms with van der Waals surface area (Å²) in [5, 5.41) is 0. The van der Waals surface area contributed by atoms with Crippen LogP contribution in [0.1, 0.15) is 6.92 Å². The Balaban J connectivity index is 1.86. The predicted molar refractivity (Wildman–Crippen MR) is 81.6 cm³/mol. The van der Waals surface area contributed by atoms with E-state index >= 15 is 0 Å². The van der Waals surface area contributed by atoms with Gasteiger partial charge in [-0.05, 0) is 6.92 Å². The Bertz CT molecular complexity index is 659. The smallest absolute Gasteiger partial charge is 0.253 e. The van der Waals surface area contributed by atoms with Gasteiger partial charge in [-0.25, -0.2) is 8.42 Å². The van der Waals surface area contributed by atoms with E-state index in [-0.39, 0.29) is 38.0 Å². The van der Waals surface area contributed by atoms with E-state index in [1.165, 1.54) is 16.8 Å². The fourth-order valence-electron chi connectivity index (χ4n) is 2.83. The first kappa shape index (κ1) is 16.4. The molecule has 2 saturated heterocycles. The summed E-state index contributed by atoms with van der Waals surface area (Å²) in [5.41, 5.74) is -0.240. The molecular formula is C14H20N2O6S. The first-order valence-corrected chi connectivity index (χ1v) is 9.09. The normalized spacial score (nSPS) is 27.3. The van der Waals surface area contributed by atoms with Crippen molar-refractivity contribution in [3.8, 4) is 0 Å². The van der Waals surface area contributed by atoms with Crippen LogP contribution in [-0.4, -0.2) is 69.4 Å². The lowest BCUT2D eigenvalue weighted by Crippen LogP contribution is -2.61. The van der Waals surface area contributed by atoms with Crippen molar-refractivity contribution in [1.29, 1.82) is 0 Å². The standard InChI is InChI=1S/C14H20N2O6S/c1-2-23(18,19)15-4-6-21-11-14(9-15)10-16(13(17)8-22-14)12-3-5-20-7-12/h3,5,7H,2,4,6,8-11H2,1H3/t14-/m0/s1. The van der Waals surface area contributed by atoms with E-state index in [0.717, 1.165) is 0 Å². The van der Waals surface area contributed by atoms with Gasteiger partial charge in [-0.15, -0.1) is 0 Å². The van der Waals surface area contributed by atoms with Gasteiger partial charge in [-0.1, -0.05) is 0 Å². The molecule has 1 amide bonds. The van der Waals surface area contributed by atoms with Crippen molar-refractivity contribution in [2.75, 3.05) is 50.1 Å². The lowest BCUT2D eigenvalue weighted by atomic mass is 10.0. The topological polar surface area (TPSA) is 89.3 Å². The Morgan fingerprint density at radius 2 is 2.17 bits per heavy atom. The van der Waals surface area contributed by atoms with Crippen LogP contribution >= 0.6 is 0 Å². The molecule has 2 fully saturated rings. The minimum Gasteiger partial charge on any atom is -0.470 e. The molecule has 3 heterocycles. The molecule has 0 saturated carbocycles. The van der Waals surface area contributed by atoms with Crippen LogP contribution in [0.4, 0.5) is 5.69 Å². The Morgan fingerprint density at radius 1 is 1.35 bits per heavy atom. The molecule has 1 aromatic rings. The second-order valence-electron chi connectivity index (χ2n) is 5.72. The molecular weight excluding hydrogens is 324 g/mol. The minimum absolute atomic E-state index is 0.0213. The number of carbonyl (C=O) groups excluding carboxylic acids is 1. The van der Waals surface area contributed by atoms with Crippen molar-refractivity contribution in [1.82, 2.24) is 4.31 Å². The molecule has 0 aromatic carbocycles. The van der Waals surface area contributed by atoms with Crippen molar-refractivity contribution in [3.05, 3.63) is 18.6 Å². The highest BCUT2D eigenvalue weighted by molar-refractivity contribution is 7.89. The molecule has 3 rings (SSSR count). The predicted octanol–water partition coefficient (Wildman–Crippen LogP) is 0.0635.